The number of ether oxygens (including phenoxy) is 1. The second kappa shape index (κ2) is 14.9. The van der Waals surface area contributed by atoms with Gasteiger partial charge in [-0.05, 0) is 48.3 Å². The Bertz CT molecular complexity index is 1950. The first kappa shape index (κ1) is 37.3. The number of hydrogen-bond donors (Lipinski definition) is 2. The number of aliphatic hydroxyl groups excluding tert-OH is 1. The Morgan fingerprint density at radius 2 is 1.71 bits per heavy atom. The lowest BCUT2D eigenvalue weighted by atomic mass is 10.0. The number of β-amino-alcohol motifs (C(OH)–C–C–N with tert-alkyl or cyclic N) is 1. The van der Waals surface area contributed by atoms with Crippen LogP contribution >= 0.6 is 23.2 Å². The summed E-state index contributed by atoms with van der Waals surface area (Å²) in [7, 11) is -0.266. The van der Waals surface area contributed by atoms with Gasteiger partial charge in [0.05, 0.1) is 46.5 Å². The molecule has 1 fully saturated rings. The van der Waals surface area contributed by atoms with Crippen LogP contribution in [0.4, 0.5) is 5.69 Å². The van der Waals surface area contributed by atoms with Gasteiger partial charge in [0.1, 0.15) is 11.4 Å². The van der Waals surface area contributed by atoms with Crippen molar-refractivity contribution in [1.29, 1.82) is 0 Å². The molecule has 13 heteroatoms. The number of aliphatic hydroxyl groups is 1. The van der Waals surface area contributed by atoms with Gasteiger partial charge in [-0.3, -0.25) is 19.6 Å². The number of amides is 1. The molecule has 1 amide bonds. The Balaban J connectivity index is 1.17. The summed E-state index contributed by atoms with van der Waals surface area (Å²) < 4.78 is 12.0. The van der Waals surface area contributed by atoms with Gasteiger partial charge in [-0.25, -0.2) is 9.97 Å². The van der Waals surface area contributed by atoms with Crippen LogP contribution in [0.1, 0.15) is 53.8 Å². The number of rotatable bonds is 11. The largest absolute Gasteiger partial charge is 0.480 e. The minimum Gasteiger partial charge on any atom is -0.480 e. The number of aryl methyl sites for hydroxylation is 1. The Labute approximate surface area is 311 Å². The van der Waals surface area contributed by atoms with Crippen molar-refractivity contribution < 1.29 is 19.1 Å². The van der Waals surface area contributed by atoms with Gasteiger partial charge in [-0.15, -0.1) is 0 Å². The third-order valence-corrected chi connectivity index (χ3v) is 15.6. The van der Waals surface area contributed by atoms with Crippen LogP contribution in [0, 0.1) is 6.92 Å². The lowest BCUT2D eigenvalue weighted by Crippen LogP contribution is -2.50. The van der Waals surface area contributed by atoms with Gasteiger partial charge in [0.15, 0.2) is 8.32 Å². The Morgan fingerprint density at radius 1 is 1.02 bits per heavy atom. The topological polar surface area (TPSA) is 113 Å². The van der Waals surface area contributed by atoms with Crippen LogP contribution < -0.4 is 10.1 Å². The predicted octanol–water partition coefficient (Wildman–Crippen LogP) is 7.60. The van der Waals surface area contributed by atoms with Crippen molar-refractivity contribution in [3.8, 4) is 28.3 Å². The lowest BCUT2D eigenvalue weighted by Gasteiger charge is -2.36. The molecule has 2 aromatic heterocycles. The third kappa shape index (κ3) is 8.00. The van der Waals surface area contributed by atoms with Crippen molar-refractivity contribution in [2.75, 3.05) is 38.7 Å². The van der Waals surface area contributed by atoms with E-state index in [1.165, 1.54) is 5.56 Å². The van der Waals surface area contributed by atoms with E-state index >= 15 is 0 Å². The minimum absolute atomic E-state index is 0.164. The molecule has 4 aromatic rings. The number of carbonyl (C=O) groups excluding carboxylic acids is 1. The van der Waals surface area contributed by atoms with E-state index in [1.54, 1.807) is 19.4 Å². The fraction of sp³-hybridized carbons (Fsp3) is 0.421. The predicted molar refractivity (Wildman–Crippen MR) is 205 cm³/mol. The molecular weight excluding hydrogens is 703 g/mol. The van der Waals surface area contributed by atoms with Crippen LogP contribution in [-0.4, -0.2) is 83.5 Å². The number of nitrogens with zero attached hydrogens (tertiary/aromatic N) is 5. The molecule has 0 saturated carbocycles. The first-order valence-corrected chi connectivity index (χ1v) is 20.9. The summed E-state index contributed by atoms with van der Waals surface area (Å²) in [4.78, 5) is 32.1. The number of carbonyl (C=O) groups is 1. The first-order valence-electron chi connectivity index (χ1n) is 17.2. The van der Waals surface area contributed by atoms with Crippen molar-refractivity contribution >= 4 is 43.1 Å². The summed E-state index contributed by atoms with van der Waals surface area (Å²) in [6, 6.07) is 12.9. The fourth-order valence-electron chi connectivity index (χ4n) is 6.17. The number of aromatic nitrogens is 3. The molecule has 1 saturated heterocycles. The van der Waals surface area contributed by atoms with Gasteiger partial charge < -0.3 is 19.6 Å². The molecule has 2 N–H and O–H groups in total. The van der Waals surface area contributed by atoms with Crippen molar-refractivity contribution in [3.05, 3.63) is 86.9 Å². The van der Waals surface area contributed by atoms with Gasteiger partial charge in [0.2, 0.25) is 5.88 Å². The van der Waals surface area contributed by atoms with E-state index in [2.05, 4.69) is 54.0 Å². The van der Waals surface area contributed by atoms with E-state index < -0.39 is 8.32 Å². The standard InChI is InChI=1S/C38H46Cl2N6O4Si/c1-23-16-30(42-32-21-45(20-28(23)32)14-15-50-51(6,7)38(2,3)4)36(48)43-29-13-9-11-26(35(29)40)25-10-8-12-27(34(25)39)31-17-41-33(37(44-31)49-5)22-46-18-24(47)19-46/h8-13,16-17,24,47H,14-15,18-22H2,1-7H3,(H,43,48). The molecule has 2 aliphatic rings. The second-order valence-electron chi connectivity index (χ2n) is 14.9. The lowest BCUT2D eigenvalue weighted by molar-refractivity contribution is -0.00403. The maximum absolute atomic E-state index is 13.6. The Hall–Kier alpha value is -3.42. The van der Waals surface area contributed by atoms with Crippen molar-refractivity contribution in [2.24, 2.45) is 0 Å². The molecule has 0 spiro atoms. The van der Waals surface area contributed by atoms with Crippen LogP contribution in [-0.2, 0) is 24.1 Å². The summed E-state index contributed by atoms with van der Waals surface area (Å²) in [5.74, 6) is 0.0616. The number of methoxy groups -OCH3 is 1. The highest BCUT2D eigenvalue weighted by molar-refractivity contribution is 6.74. The molecule has 2 aliphatic heterocycles. The SMILES string of the molecule is COc1nc(-c2cccc(-c3cccc(NC(=O)c4cc(C)c5c(n4)CN(CCO[Si](C)(C)C(C)(C)C)C5)c3Cl)c2Cl)cnc1CN1CC(O)C1. The number of nitrogens with one attached hydrogen (secondary N) is 1. The number of fused-ring (bicyclic) bond motifs is 1. The summed E-state index contributed by atoms with van der Waals surface area (Å²) in [5.41, 5.74) is 7.14. The molecule has 10 nitrogen and oxygen atoms in total. The quantitative estimate of drug-likeness (QED) is 0.150. The van der Waals surface area contributed by atoms with Crippen molar-refractivity contribution in [1.82, 2.24) is 24.8 Å². The number of likely N-dealkylation sites (tertiary alicyclic amines) is 1. The number of anilines is 1. The zero-order valence-electron chi connectivity index (χ0n) is 30.3. The normalized spacial score (nSPS) is 15.5. The Kier molecular flexibility index (Phi) is 10.9. The summed E-state index contributed by atoms with van der Waals surface area (Å²) in [6.07, 6.45) is 1.36. The van der Waals surface area contributed by atoms with Gasteiger partial charge in [0, 0.05) is 62.6 Å². The molecule has 51 heavy (non-hydrogen) atoms. The van der Waals surface area contributed by atoms with E-state index in [1.807, 2.05) is 43.3 Å². The third-order valence-electron chi connectivity index (χ3n) is 10.2. The molecular formula is C38H46Cl2N6O4Si. The molecule has 0 bridgehead atoms. The number of benzene rings is 2. The highest BCUT2D eigenvalue weighted by atomic mass is 35.5. The van der Waals surface area contributed by atoms with Crippen LogP contribution in [0.15, 0.2) is 48.7 Å². The number of pyridine rings is 1. The summed E-state index contributed by atoms with van der Waals surface area (Å²) in [5, 5.41) is 13.6. The maximum atomic E-state index is 13.6. The van der Waals surface area contributed by atoms with Gasteiger partial charge in [0.25, 0.3) is 5.91 Å². The second-order valence-corrected chi connectivity index (χ2v) is 20.5. The van der Waals surface area contributed by atoms with Crippen LogP contribution in [0.3, 0.4) is 0 Å². The smallest absolute Gasteiger partial charge is 0.274 e. The van der Waals surface area contributed by atoms with Gasteiger partial charge in [-0.1, -0.05) is 74.3 Å². The fourth-order valence-corrected chi connectivity index (χ4v) is 7.80. The molecule has 270 valence electrons. The van der Waals surface area contributed by atoms with Crippen LogP contribution in [0.5, 0.6) is 5.88 Å². The van der Waals surface area contributed by atoms with Crippen molar-refractivity contribution in [3.63, 3.8) is 0 Å². The van der Waals surface area contributed by atoms with Gasteiger partial charge >= 0.3 is 0 Å². The van der Waals surface area contributed by atoms with Crippen molar-refractivity contribution in [2.45, 2.75) is 71.6 Å². The number of hydrogen-bond acceptors (Lipinski definition) is 9. The molecule has 0 atom stereocenters. The monoisotopic (exact) mass is 748 g/mol. The van der Waals surface area contributed by atoms with E-state index in [-0.39, 0.29) is 17.0 Å². The molecule has 0 aliphatic carbocycles. The van der Waals surface area contributed by atoms with E-state index in [4.69, 9.17) is 42.3 Å². The first-order chi connectivity index (χ1) is 24.1. The molecule has 0 unspecified atom stereocenters. The summed E-state index contributed by atoms with van der Waals surface area (Å²) in [6.45, 7) is 18.0. The average molecular weight is 750 g/mol. The molecule has 0 radical (unpaired) electrons. The van der Waals surface area contributed by atoms with Crippen LogP contribution in [0.2, 0.25) is 28.2 Å². The molecule has 2 aromatic carbocycles. The zero-order chi connectivity index (χ0) is 36.7. The van der Waals surface area contributed by atoms with E-state index in [0.29, 0.717) is 88.2 Å². The molecule has 6 rings (SSSR count). The average Bonchev–Trinajstić information content (AvgIpc) is 3.48. The van der Waals surface area contributed by atoms with E-state index in [9.17, 15) is 9.90 Å². The van der Waals surface area contributed by atoms with Crippen LogP contribution in [0.25, 0.3) is 22.4 Å². The van der Waals surface area contributed by atoms with Gasteiger partial charge in [-0.2, -0.15) is 0 Å². The summed E-state index contributed by atoms with van der Waals surface area (Å²) >= 11 is 14.0. The highest BCUT2D eigenvalue weighted by Crippen LogP contribution is 2.42. The highest BCUT2D eigenvalue weighted by Gasteiger charge is 2.37. The van der Waals surface area contributed by atoms with E-state index in [0.717, 1.165) is 24.3 Å². The minimum atomic E-state index is -1.82. The maximum Gasteiger partial charge on any atom is 0.274 e. The Morgan fingerprint density at radius 3 is 2.39 bits per heavy atom. The zero-order valence-corrected chi connectivity index (χ0v) is 32.8. The number of halogens is 2. The molecule has 4 heterocycles.